The van der Waals surface area contributed by atoms with Crippen LogP contribution in [0.1, 0.15) is 44.7 Å². The summed E-state index contributed by atoms with van der Waals surface area (Å²) in [5.41, 5.74) is 3.80. The molecule has 1 aliphatic heterocycles. The van der Waals surface area contributed by atoms with Gasteiger partial charge in [-0.1, -0.05) is 0 Å². The van der Waals surface area contributed by atoms with Crippen LogP contribution in [0.5, 0.6) is 11.5 Å². The molecular formula is C24H24FN3O2. The Hall–Kier alpha value is -3.15. The summed E-state index contributed by atoms with van der Waals surface area (Å²) in [4.78, 5) is 14.2. The SMILES string of the molecule is CC(=O)N1c2ccc(-c3cnn(C4CC4)c3)c(Oc3ccc(F)cc3)c2CCC1C. The van der Waals surface area contributed by atoms with Crippen LogP contribution in [0, 0.1) is 5.82 Å². The van der Waals surface area contributed by atoms with Crippen molar-refractivity contribution in [2.75, 3.05) is 4.90 Å². The quantitative estimate of drug-likeness (QED) is 0.575. The predicted molar refractivity (Wildman–Crippen MR) is 113 cm³/mol. The van der Waals surface area contributed by atoms with Crippen LogP contribution in [0.15, 0.2) is 48.8 Å². The van der Waals surface area contributed by atoms with Crippen LogP contribution in [-0.2, 0) is 11.2 Å². The minimum atomic E-state index is -0.306. The van der Waals surface area contributed by atoms with Crippen LogP contribution >= 0.6 is 0 Å². The number of fused-ring (bicyclic) bond motifs is 1. The van der Waals surface area contributed by atoms with Gasteiger partial charge in [0.25, 0.3) is 0 Å². The Morgan fingerprint density at radius 1 is 1.13 bits per heavy atom. The van der Waals surface area contributed by atoms with Crippen LogP contribution in [0.2, 0.25) is 0 Å². The molecule has 3 aromatic rings. The number of hydrogen-bond donors (Lipinski definition) is 0. The fraction of sp³-hybridized carbons (Fsp3) is 0.333. The van der Waals surface area contributed by atoms with Gasteiger partial charge in [-0.25, -0.2) is 4.39 Å². The molecule has 0 spiro atoms. The second-order valence-corrected chi connectivity index (χ2v) is 8.21. The van der Waals surface area contributed by atoms with Gasteiger partial charge >= 0.3 is 0 Å². The molecule has 1 aliphatic carbocycles. The van der Waals surface area contributed by atoms with E-state index in [0.717, 1.165) is 48.1 Å². The molecule has 1 fully saturated rings. The van der Waals surface area contributed by atoms with Crippen molar-refractivity contribution in [1.82, 2.24) is 9.78 Å². The first-order valence-corrected chi connectivity index (χ1v) is 10.4. The summed E-state index contributed by atoms with van der Waals surface area (Å²) in [6, 6.07) is 10.7. The number of halogens is 1. The van der Waals surface area contributed by atoms with Crippen molar-refractivity contribution in [3.05, 3.63) is 60.2 Å². The molecule has 5 rings (SSSR count). The molecule has 2 aliphatic rings. The molecule has 30 heavy (non-hydrogen) atoms. The summed E-state index contributed by atoms with van der Waals surface area (Å²) in [7, 11) is 0. The van der Waals surface area contributed by atoms with E-state index in [1.54, 1.807) is 19.1 Å². The second-order valence-electron chi connectivity index (χ2n) is 8.21. The van der Waals surface area contributed by atoms with E-state index in [1.807, 2.05) is 27.9 Å². The summed E-state index contributed by atoms with van der Waals surface area (Å²) < 4.78 is 21.7. The van der Waals surface area contributed by atoms with Crippen molar-refractivity contribution in [3.8, 4) is 22.6 Å². The largest absolute Gasteiger partial charge is 0.456 e. The molecule has 1 atom stereocenters. The highest BCUT2D eigenvalue weighted by atomic mass is 19.1. The minimum Gasteiger partial charge on any atom is -0.456 e. The van der Waals surface area contributed by atoms with Gasteiger partial charge in [-0.2, -0.15) is 5.10 Å². The average molecular weight is 405 g/mol. The molecule has 154 valence electrons. The van der Waals surface area contributed by atoms with E-state index in [0.29, 0.717) is 17.5 Å². The van der Waals surface area contributed by atoms with Crippen LogP contribution in [-0.4, -0.2) is 21.7 Å². The monoisotopic (exact) mass is 405 g/mol. The zero-order chi connectivity index (χ0) is 20.8. The number of carbonyl (C=O) groups excluding carboxylic acids is 1. The van der Waals surface area contributed by atoms with Crippen molar-refractivity contribution in [1.29, 1.82) is 0 Å². The number of nitrogens with zero attached hydrogens (tertiary/aromatic N) is 3. The molecule has 1 aromatic heterocycles. The van der Waals surface area contributed by atoms with E-state index in [9.17, 15) is 9.18 Å². The van der Waals surface area contributed by atoms with E-state index in [1.165, 1.54) is 12.1 Å². The van der Waals surface area contributed by atoms with Gasteiger partial charge in [0.05, 0.1) is 17.9 Å². The first kappa shape index (κ1) is 18.9. The van der Waals surface area contributed by atoms with Crippen LogP contribution in [0.25, 0.3) is 11.1 Å². The third-order valence-corrected chi connectivity index (χ3v) is 5.95. The molecule has 5 nitrogen and oxygen atoms in total. The first-order chi connectivity index (χ1) is 14.5. The molecule has 0 bridgehead atoms. The highest BCUT2D eigenvalue weighted by Gasteiger charge is 2.31. The number of anilines is 1. The molecule has 2 aromatic carbocycles. The third-order valence-electron chi connectivity index (χ3n) is 5.95. The van der Waals surface area contributed by atoms with Gasteiger partial charge in [0.2, 0.25) is 5.91 Å². The van der Waals surface area contributed by atoms with E-state index in [-0.39, 0.29) is 17.8 Å². The minimum absolute atomic E-state index is 0.0190. The maximum absolute atomic E-state index is 13.4. The number of ether oxygens (including phenoxy) is 1. The zero-order valence-electron chi connectivity index (χ0n) is 17.1. The van der Waals surface area contributed by atoms with Crippen molar-refractivity contribution < 1.29 is 13.9 Å². The van der Waals surface area contributed by atoms with Crippen LogP contribution < -0.4 is 9.64 Å². The van der Waals surface area contributed by atoms with Crippen molar-refractivity contribution in [2.45, 2.75) is 51.6 Å². The van der Waals surface area contributed by atoms with Gasteiger partial charge in [-0.05, 0) is 69.0 Å². The summed E-state index contributed by atoms with van der Waals surface area (Å²) in [5.74, 6) is 0.992. The molecule has 0 saturated heterocycles. The van der Waals surface area contributed by atoms with Crippen molar-refractivity contribution >= 4 is 11.6 Å². The highest BCUT2D eigenvalue weighted by molar-refractivity contribution is 5.95. The van der Waals surface area contributed by atoms with Gasteiger partial charge in [0.15, 0.2) is 0 Å². The zero-order valence-corrected chi connectivity index (χ0v) is 17.1. The van der Waals surface area contributed by atoms with E-state index >= 15 is 0 Å². The van der Waals surface area contributed by atoms with Crippen LogP contribution in [0.3, 0.4) is 0 Å². The Kier molecular flexibility index (Phi) is 4.57. The Balaban J connectivity index is 1.64. The highest BCUT2D eigenvalue weighted by Crippen LogP contribution is 2.45. The Labute approximate surface area is 175 Å². The Morgan fingerprint density at radius 3 is 2.60 bits per heavy atom. The summed E-state index contributed by atoms with van der Waals surface area (Å²) >= 11 is 0. The summed E-state index contributed by atoms with van der Waals surface area (Å²) in [6.45, 7) is 3.66. The Bertz CT molecular complexity index is 1100. The van der Waals surface area contributed by atoms with Gasteiger partial charge in [0, 0.05) is 35.9 Å². The fourth-order valence-electron chi connectivity index (χ4n) is 4.26. The van der Waals surface area contributed by atoms with Gasteiger partial charge in [-0.15, -0.1) is 0 Å². The third kappa shape index (κ3) is 3.36. The number of carbonyl (C=O) groups is 1. The summed E-state index contributed by atoms with van der Waals surface area (Å²) in [6.07, 6.45) is 7.92. The second kappa shape index (κ2) is 7.27. The standard InChI is InChI=1S/C24H24FN3O2/c1-15-3-10-22-23(28(15)16(2)29)12-11-21(17-13-26-27(14-17)19-6-7-19)24(22)30-20-8-4-18(25)5-9-20/h4-5,8-9,11-15,19H,3,6-7,10H2,1-2H3. The first-order valence-electron chi connectivity index (χ1n) is 10.4. The number of hydrogen-bond acceptors (Lipinski definition) is 3. The topological polar surface area (TPSA) is 47.4 Å². The molecule has 2 heterocycles. The van der Waals surface area contributed by atoms with Gasteiger partial charge in [-0.3, -0.25) is 9.48 Å². The van der Waals surface area contributed by atoms with Crippen LogP contribution in [0.4, 0.5) is 10.1 Å². The lowest BCUT2D eigenvalue weighted by Gasteiger charge is -2.36. The number of amides is 1. The Morgan fingerprint density at radius 2 is 1.90 bits per heavy atom. The molecule has 1 unspecified atom stereocenters. The lowest BCUT2D eigenvalue weighted by atomic mass is 9.92. The number of aromatic nitrogens is 2. The number of rotatable bonds is 4. The van der Waals surface area contributed by atoms with Crippen molar-refractivity contribution in [3.63, 3.8) is 0 Å². The maximum Gasteiger partial charge on any atom is 0.224 e. The van der Waals surface area contributed by atoms with E-state index < -0.39 is 0 Å². The van der Waals surface area contributed by atoms with E-state index in [4.69, 9.17) is 4.74 Å². The molecular weight excluding hydrogens is 381 g/mol. The molecule has 1 amide bonds. The molecule has 0 radical (unpaired) electrons. The molecule has 0 N–H and O–H groups in total. The fourth-order valence-corrected chi connectivity index (χ4v) is 4.26. The predicted octanol–water partition coefficient (Wildman–Crippen LogP) is 5.50. The molecule has 6 heteroatoms. The summed E-state index contributed by atoms with van der Waals surface area (Å²) in [5, 5.41) is 4.53. The lowest BCUT2D eigenvalue weighted by Crippen LogP contribution is -2.40. The van der Waals surface area contributed by atoms with E-state index in [2.05, 4.69) is 18.2 Å². The normalized spacial score (nSPS) is 18.2. The smallest absolute Gasteiger partial charge is 0.224 e. The van der Waals surface area contributed by atoms with Gasteiger partial charge in [0.1, 0.15) is 17.3 Å². The van der Waals surface area contributed by atoms with Crippen molar-refractivity contribution in [2.24, 2.45) is 0 Å². The lowest BCUT2D eigenvalue weighted by molar-refractivity contribution is -0.117. The maximum atomic E-state index is 13.4. The van der Waals surface area contributed by atoms with Gasteiger partial charge < -0.3 is 9.64 Å². The molecule has 1 saturated carbocycles. The number of benzene rings is 2. The average Bonchev–Trinajstić information content (AvgIpc) is 3.46.